The van der Waals surface area contributed by atoms with Crippen LogP contribution in [0.2, 0.25) is 5.02 Å². The van der Waals surface area contributed by atoms with Gasteiger partial charge in [-0.15, -0.1) is 0 Å². The van der Waals surface area contributed by atoms with E-state index in [2.05, 4.69) is 27.9 Å². The highest BCUT2D eigenvalue weighted by molar-refractivity contribution is 6.30. The Hall–Kier alpha value is -2.79. The van der Waals surface area contributed by atoms with Crippen molar-refractivity contribution in [2.24, 2.45) is 0 Å². The van der Waals surface area contributed by atoms with Gasteiger partial charge in [-0.1, -0.05) is 48.0 Å². The first kappa shape index (κ1) is 17.0. The standard InChI is InChI=1S/C19H19ClN4O/c1-13-18(22-19(25)21-17-10-6-9-16(20)11-17)14(2)24(23-13)12-15-7-4-3-5-8-15/h3-11H,12H2,1-2H3,(H2,21,22,25). The molecule has 0 fully saturated rings. The van der Waals surface area contributed by atoms with Gasteiger partial charge < -0.3 is 10.6 Å². The van der Waals surface area contributed by atoms with Crippen LogP contribution in [0.3, 0.4) is 0 Å². The van der Waals surface area contributed by atoms with E-state index < -0.39 is 0 Å². The minimum atomic E-state index is -0.326. The number of benzene rings is 2. The number of hydrogen-bond donors (Lipinski definition) is 2. The Kier molecular flexibility index (Phi) is 5.05. The zero-order valence-electron chi connectivity index (χ0n) is 14.1. The van der Waals surface area contributed by atoms with Gasteiger partial charge in [0.1, 0.15) is 0 Å². The van der Waals surface area contributed by atoms with Gasteiger partial charge in [-0.25, -0.2) is 4.79 Å². The molecule has 0 spiro atoms. The number of urea groups is 1. The number of halogens is 1. The van der Waals surface area contributed by atoms with E-state index in [-0.39, 0.29) is 6.03 Å². The molecule has 3 rings (SSSR count). The zero-order valence-corrected chi connectivity index (χ0v) is 14.8. The predicted molar refractivity (Wildman–Crippen MR) is 101 cm³/mol. The molecule has 0 aliphatic rings. The smallest absolute Gasteiger partial charge is 0.308 e. The second-order valence-electron chi connectivity index (χ2n) is 5.78. The molecule has 5 nitrogen and oxygen atoms in total. The maximum absolute atomic E-state index is 12.3. The van der Waals surface area contributed by atoms with Gasteiger partial charge in [0.05, 0.1) is 23.6 Å². The number of rotatable bonds is 4. The molecule has 2 N–H and O–H groups in total. The second-order valence-corrected chi connectivity index (χ2v) is 6.21. The summed E-state index contributed by atoms with van der Waals surface area (Å²) in [6.07, 6.45) is 0. The number of aryl methyl sites for hydroxylation is 1. The van der Waals surface area contributed by atoms with Crippen LogP contribution in [0.4, 0.5) is 16.2 Å². The van der Waals surface area contributed by atoms with Crippen LogP contribution in [0.1, 0.15) is 17.0 Å². The molecule has 25 heavy (non-hydrogen) atoms. The summed E-state index contributed by atoms with van der Waals surface area (Å²) < 4.78 is 1.89. The lowest BCUT2D eigenvalue weighted by Crippen LogP contribution is -2.20. The Morgan fingerprint density at radius 2 is 1.84 bits per heavy atom. The number of amides is 2. The van der Waals surface area contributed by atoms with E-state index in [4.69, 9.17) is 11.6 Å². The molecule has 0 aliphatic heterocycles. The first-order valence-electron chi connectivity index (χ1n) is 7.94. The third-order valence-electron chi connectivity index (χ3n) is 3.88. The SMILES string of the molecule is Cc1nn(Cc2ccccc2)c(C)c1NC(=O)Nc1cccc(Cl)c1. The number of carbonyl (C=O) groups excluding carboxylic acids is 1. The van der Waals surface area contributed by atoms with Crippen LogP contribution >= 0.6 is 11.6 Å². The van der Waals surface area contributed by atoms with Crippen LogP contribution in [0, 0.1) is 13.8 Å². The van der Waals surface area contributed by atoms with Crippen molar-refractivity contribution in [3.8, 4) is 0 Å². The molecule has 0 aliphatic carbocycles. The first-order chi connectivity index (χ1) is 12.0. The quantitative estimate of drug-likeness (QED) is 0.703. The molecule has 2 aromatic carbocycles. The molecule has 1 aromatic heterocycles. The van der Waals surface area contributed by atoms with Gasteiger partial charge >= 0.3 is 6.03 Å². The lowest BCUT2D eigenvalue weighted by molar-refractivity contribution is 0.262. The van der Waals surface area contributed by atoms with E-state index in [9.17, 15) is 4.79 Å². The molecular formula is C19H19ClN4O. The van der Waals surface area contributed by atoms with E-state index >= 15 is 0 Å². The largest absolute Gasteiger partial charge is 0.323 e. The number of nitrogens with zero attached hydrogens (tertiary/aromatic N) is 2. The molecule has 0 saturated carbocycles. The number of hydrogen-bond acceptors (Lipinski definition) is 2. The number of aromatic nitrogens is 2. The van der Waals surface area contributed by atoms with Crippen molar-refractivity contribution in [1.82, 2.24) is 9.78 Å². The maximum atomic E-state index is 12.3. The maximum Gasteiger partial charge on any atom is 0.323 e. The summed E-state index contributed by atoms with van der Waals surface area (Å²) in [7, 11) is 0. The summed E-state index contributed by atoms with van der Waals surface area (Å²) in [4.78, 5) is 12.3. The van der Waals surface area contributed by atoms with Crippen LogP contribution in [-0.4, -0.2) is 15.8 Å². The summed E-state index contributed by atoms with van der Waals surface area (Å²) in [6.45, 7) is 4.48. The van der Waals surface area contributed by atoms with Gasteiger partial charge in [-0.05, 0) is 37.6 Å². The van der Waals surface area contributed by atoms with Gasteiger partial charge in [0, 0.05) is 10.7 Å². The Balaban J connectivity index is 1.73. The molecule has 2 amide bonds. The molecule has 3 aromatic rings. The minimum absolute atomic E-state index is 0.326. The molecular weight excluding hydrogens is 336 g/mol. The highest BCUT2D eigenvalue weighted by Crippen LogP contribution is 2.21. The third kappa shape index (κ3) is 4.19. The van der Waals surface area contributed by atoms with Crippen molar-refractivity contribution < 1.29 is 4.79 Å². The molecule has 6 heteroatoms. The molecule has 0 saturated heterocycles. The van der Waals surface area contributed by atoms with E-state index in [0.29, 0.717) is 17.3 Å². The topological polar surface area (TPSA) is 59.0 Å². The summed E-state index contributed by atoms with van der Waals surface area (Å²) in [6, 6.07) is 16.8. The fourth-order valence-electron chi connectivity index (χ4n) is 2.63. The van der Waals surface area contributed by atoms with Crippen molar-refractivity contribution in [3.63, 3.8) is 0 Å². The van der Waals surface area contributed by atoms with E-state index in [0.717, 1.165) is 22.6 Å². The third-order valence-corrected chi connectivity index (χ3v) is 4.11. The lowest BCUT2D eigenvalue weighted by atomic mass is 10.2. The van der Waals surface area contributed by atoms with E-state index in [1.165, 1.54) is 0 Å². The number of nitrogens with one attached hydrogen (secondary N) is 2. The molecule has 1 heterocycles. The van der Waals surface area contributed by atoms with Crippen LogP contribution in [0.15, 0.2) is 54.6 Å². The first-order valence-corrected chi connectivity index (χ1v) is 8.32. The summed E-state index contributed by atoms with van der Waals surface area (Å²) in [5.41, 5.74) is 4.19. The van der Waals surface area contributed by atoms with Crippen molar-refractivity contribution in [1.29, 1.82) is 0 Å². The monoisotopic (exact) mass is 354 g/mol. The van der Waals surface area contributed by atoms with Crippen LogP contribution in [0.5, 0.6) is 0 Å². The zero-order chi connectivity index (χ0) is 17.8. The summed E-state index contributed by atoms with van der Waals surface area (Å²) in [5.74, 6) is 0. The fourth-order valence-corrected chi connectivity index (χ4v) is 2.82. The Labute approximate surface area is 151 Å². The Morgan fingerprint density at radius 1 is 1.08 bits per heavy atom. The molecule has 0 unspecified atom stereocenters. The van der Waals surface area contributed by atoms with Gasteiger partial charge in [-0.2, -0.15) is 5.10 Å². The van der Waals surface area contributed by atoms with Crippen molar-refractivity contribution >= 4 is 29.0 Å². The Bertz CT molecular complexity index is 890. The molecule has 0 radical (unpaired) electrons. The van der Waals surface area contributed by atoms with Crippen molar-refractivity contribution in [2.75, 3.05) is 10.6 Å². The van der Waals surface area contributed by atoms with Gasteiger partial charge in [0.2, 0.25) is 0 Å². The fraction of sp³-hybridized carbons (Fsp3) is 0.158. The number of carbonyl (C=O) groups is 1. The Morgan fingerprint density at radius 3 is 2.56 bits per heavy atom. The van der Waals surface area contributed by atoms with Crippen molar-refractivity contribution in [3.05, 3.63) is 76.6 Å². The van der Waals surface area contributed by atoms with E-state index in [1.807, 2.05) is 36.7 Å². The van der Waals surface area contributed by atoms with Crippen LogP contribution in [-0.2, 0) is 6.54 Å². The van der Waals surface area contributed by atoms with Gasteiger partial charge in [0.15, 0.2) is 0 Å². The highest BCUT2D eigenvalue weighted by atomic mass is 35.5. The van der Waals surface area contributed by atoms with E-state index in [1.54, 1.807) is 24.3 Å². The molecule has 0 atom stereocenters. The van der Waals surface area contributed by atoms with Gasteiger partial charge in [-0.3, -0.25) is 4.68 Å². The number of anilines is 2. The average Bonchev–Trinajstić information content (AvgIpc) is 2.83. The van der Waals surface area contributed by atoms with Crippen molar-refractivity contribution in [2.45, 2.75) is 20.4 Å². The molecule has 128 valence electrons. The second kappa shape index (κ2) is 7.40. The lowest BCUT2D eigenvalue weighted by Gasteiger charge is -2.09. The molecule has 0 bridgehead atoms. The average molecular weight is 355 g/mol. The summed E-state index contributed by atoms with van der Waals surface area (Å²) in [5, 5.41) is 10.8. The minimum Gasteiger partial charge on any atom is -0.308 e. The summed E-state index contributed by atoms with van der Waals surface area (Å²) >= 11 is 5.93. The van der Waals surface area contributed by atoms with Gasteiger partial charge in [0.25, 0.3) is 0 Å². The highest BCUT2D eigenvalue weighted by Gasteiger charge is 2.14. The predicted octanol–water partition coefficient (Wildman–Crippen LogP) is 4.85. The normalized spacial score (nSPS) is 10.5. The van der Waals surface area contributed by atoms with Crippen LogP contribution < -0.4 is 10.6 Å². The van der Waals surface area contributed by atoms with Crippen LogP contribution in [0.25, 0.3) is 0 Å².